The van der Waals surface area contributed by atoms with E-state index in [0.717, 1.165) is 24.4 Å². The topological polar surface area (TPSA) is 15.7 Å². The zero-order chi connectivity index (χ0) is 25.1. The van der Waals surface area contributed by atoms with Crippen molar-refractivity contribution in [2.75, 3.05) is 29.5 Å². The van der Waals surface area contributed by atoms with Gasteiger partial charge in [-0.1, -0.05) is 0 Å². The fourth-order valence-electron chi connectivity index (χ4n) is 5.23. The first-order valence-electron chi connectivity index (χ1n) is 12.3. The molecule has 0 N–H and O–H groups in total. The number of aryl methyl sites for hydroxylation is 6. The fraction of sp³-hybridized carbons (Fsp3) is 0.323. The summed E-state index contributed by atoms with van der Waals surface area (Å²) in [5, 5.41) is 0. The quantitative estimate of drug-likeness (QED) is 0.334. The van der Waals surface area contributed by atoms with E-state index in [1.54, 1.807) is 0 Å². The monoisotopic (exact) mass is 554 g/mol. The Hall–Kier alpha value is -2.80. The molecule has 3 nitrogen and oxygen atoms in total. The van der Waals surface area contributed by atoms with Gasteiger partial charge in [0.05, 0.1) is 0 Å². The summed E-state index contributed by atoms with van der Waals surface area (Å²) in [6.07, 6.45) is 2.12. The van der Waals surface area contributed by atoms with E-state index in [1.165, 1.54) is 49.1 Å². The zero-order valence-corrected chi connectivity index (χ0v) is 23.7. The van der Waals surface area contributed by atoms with Crippen molar-refractivity contribution in [2.24, 2.45) is 0 Å². The van der Waals surface area contributed by atoms with Gasteiger partial charge in [0.2, 0.25) is 0 Å². The minimum atomic E-state index is -0.293. The van der Waals surface area contributed by atoms with Crippen LogP contribution in [0.25, 0.3) is 6.08 Å². The molecule has 184 valence electrons. The van der Waals surface area contributed by atoms with Crippen molar-refractivity contribution in [2.45, 2.75) is 48.5 Å². The summed E-state index contributed by atoms with van der Waals surface area (Å²) in [6, 6.07) is 17.4. The molecule has 0 unspecified atom stereocenters. The second-order valence-corrected chi connectivity index (χ2v) is 11.1. The van der Waals surface area contributed by atoms with E-state index in [2.05, 4.69) is 98.1 Å². The summed E-state index contributed by atoms with van der Waals surface area (Å²) in [5.74, 6) is 0.920. The second-order valence-electron chi connectivity index (χ2n) is 9.36. The van der Waals surface area contributed by atoms with E-state index in [9.17, 15) is 0 Å². The van der Waals surface area contributed by atoms with Crippen molar-refractivity contribution in [3.63, 3.8) is 0 Å². The molecule has 1 fully saturated rings. The van der Waals surface area contributed by atoms with Crippen molar-refractivity contribution >= 4 is 26.1 Å². The molecule has 1 aliphatic rings. The summed E-state index contributed by atoms with van der Waals surface area (Å²) >= 11 is -0.293. The number of hydrogen-bond donors (Lipinski definition) is 0. The number of para-hydroxylation sites is 1. The molecular weight excluding hydrogens is 517 g/mol. The average molecular weight is 554 g/mol. The fourth-order valence-corrected chi connectivity index (χ4v) is 7.10. The molecule has 3 aromatic rings. The average Bonchev–Trinajstić information content (AvgIpc) is 3.16. The minimum absolute atomic E-state index is 0.293. The maximum absolute atomic E-state index is 5.84. The molecule has 4 heteroatoms. The van der Waals surface area contributed by atoms with Crippen LogP contribution in [0.3, 0.4) is 0 Å². The van der Waals surface area contributed by atoms with Gasteiger partial charge in [0.25, 0.3) is 0 Å². The number of ether oxygens (including phenoxy) is 1. The predicted molar refractivity (Wildman–Crippen MR) is 148 cm³/mol. The third kappa shape index (κ3) is 5.40. The molecule has 4 rings (SSSR count). The van der Waals surface area contributed by atoms with E-state index in [4.69, 9.17) is 4.74 Å². The Bertz CT molecular complexity index is 1250. The molecule has 0 amide bonds. The van der Waals surface area contributed by atoms with Crippen molar-refractivity contribution in [3.8, 4) is 5.75 Å². The summed E-state index contributed by atoms with van der Waals surface area (Å²) in [7, 11) is 0. The van der Waals surface area contributed by atoms with Gasteiger partial charge in [0.15, 0.2) is 0 Å². The molecule has 0 saturated carbocycles. The van der Waals surface area contributed by atoms with Gasteiger partial charge in [-0.25, -0.2) is 0 Å². The number of rotatable bonds is 5. The molecule has 0 spiro atoms. The molecule has 1 heterocycles. The van der Waals surface area contributed by atoms with Crippen LogP contribution in [0.5, 0.6) is 5.75 Å². The first-order valence-corrected chi connectivity index (χ1v) is 14.0. The van der Waals surface area contributed by atoms with Crippen LogP contribution in [0, 0.1) is 41.5 Å². The molecule has 35 heavy (non-hydrogen) atoms. The van der Waals surface area contributed by atoms with Crippen molar-refractivity contribution in [3.05, 3.63) is 87.5 Å². The Morgan fingerprint density at radius 2 is 1.29 bits per heavy atom. The molecule has 0 aromatic heterocycles. The van der Waals surface area contributed by atoms with Crippen molar-refractivity contribution < 1.29 is 21.0 Å². The second kappa shape index (κ2) is 10.9. The predicted octanol–water partition coefficient (Wildman–Crippen LogP) is 6.55. The Balaban J connectivity index is 1.90. The van der Waals surface area contributed by atoms with Gasteiger partial charge in [-0.2, -0.15) is 0 Å². The van der Waals surface area contributed by atoms with Gasteiger partial charge >= 0.3 is 218 Å². The van der Waals surface area contributed by atoms with Crippen LogP contribution in [0.1, 0.15) is 45.9 Å². The normalized spacial score (nSPS) is 13.3. The van der Waals surface area contributed by atoms with E-state index >= 15 is 0 Å². The van der Waals surface area contributed by atoms with Gasteiger partial charge in [-0.05, 0) is 0 Å². The molecule has 0 bridgehead atoms. The Morgan fingerprint density at radius 3 is 1.77 bits per heavy atom. The third-order valence-corrected chi connectivity index (χ3v) is 8.17. The number of nitrogens with zero attached hydrogens (tertiary/aromatic N) is 2. The van der Waals surface area contributed by atoms with Gasteiger partial charge in [-0.3, -0.25) is 0 Å². The van der Waals surface area contributed by atoms with Crippen LogP contribution in [0.15, 0.2) is 48.5 Å². The molecule has 3 aromatic carbocycles. The molecule has 0 radical (unpaired) electrons. The van der Waals surface area contributed by atoms with Gasteiger partial charge in [0.1, 0.15) is 0 Å². The molecular formula is C31H36N2ORu. The molecule has 1 saturated heterocycles. The van der Waals surface area contributed by atoms with E-state index in [0.29, 0.717) is 6.61 Å². The van der Waals surface area contributed by atoms with Gasteiger partial charge < -0.3 is 0 Å². The summed E-state index contributed by atoms with van der Waals surface area (Å²) in [5.41, 5.74) is 11.8. The molecule has 1 aliphatic heterocycles. The third-order valence-electron chi connectivity index (χ3n) is 6.35. The first kappa shape index (κ1) is 25.3. The summed E-state index contributed by atoms with van der Waals surface area (Å²) < 4.78 is 10.9. The van der Waals surface area contributed by atoms with Crippen LogP contribution in [-0.2, 0) is 16.2 Å². The number of anilines is 2. The Morgan fingerprint density at radius 1 is 0.800 bits per heavy atom. The number of benzene rings is 3. The van der Waals surface area contributed by atoms with E-state index < -0.39 is 0 Å². The standard InChI is InChI=1S/C21H26N2.C10H10O.Ru/c1-14-9-16(3)20(17(4)10-14)22-7-8-23(13-22)21-18(5)11-15(2)12-19(21)6;1-3-9-7-5-6-8-10(9)11-4-2;/h9-12H,7-8H2,1-6H3;3,5-8H,4H2,2H3;. The number of hydrogen-bond acceptors (Lipinski definition) is 3. The van der Waals surface area contributed by atoms with Crippen molar-refractivity contribution in [1.82, 2.24) is 0 Å². The van der Waals surface area contributed by atoms with E-state index in [-0.39, 0.29) is 16.2 Å². The maximum atomic E-state index is 5.84. The SMILES string of the molecule is CCOc1ccccc1C=[C]=[Ru]=[C]1N(c2c(C)cc(C)cc2C)CCN1c1c(C)cc(C)cc1C. The van der Waals surface area contributed by atoms with Crippen LogP contribution < -0.4 is 14.5 Å². The molecule has 0 aliphatic carbocycles. The van der Waals surface area contributed by atoms with Crippen LogP contribution >= 0.6 is 0 Å². The molecule has 0 atom stereocenters. The van der Waals surface area contributed by atoms with E-state index in [1.807, 2.05) is 19.1 Å². The van der Waals surface area contributed by atoms with Crippen molar-refractivity contribution in [1.29, 1.82) is 0 Å². The zero-order valence-electron chi connectivity index (χ0n) is 22.0. The van der Waals surface area contributed by atoms with Gasteiger partial charge in [-0.15, -0.1) is 0 Å². The van der Waals surface area contributed by atoms with Gasteiger partial charge in [0, 0.05) is 0 Å². The Labute approximate surface area is 217 Å². The van der Waals surface area contributed by atoms with Crippen LogP contribution in [0.2, 0.25) is 0 Å². The Kier molecular flexibility index (Phi) is 7.85. The first-order chi connectivity index (χ1) is 16.8. The summed E-state index contributed by atoms with van der Waals surface area (Å²) in [4.78, 5) is 5.10. The van der Waals surface area contributed by atoms with Crippen LogP contribution in [0.4, 0.5) is 11.4 Å². The van der Waals surface area contributed by atoms with Crippen LogP contribution in [-0.4, -0.2) is 28.3 Å². The summed E-state index contributed by atoms with van der Waals surface area (Å²) in [6.45, 7) is 18.0.